The predicted octanol–water partition coefficient (Wildman–Crippen LogP) is 1.34. The molecule has 3 nitrogen and oxygen atoms in total. The summed E-state index contributed by atoms with van der Waals surface area (Å²) in [7, 11) is 5.13. The predicted molar refractivity (Wildman–Crippen MR) is 140 cm³/mol. The average molecular weight is 623 g/mol. The number of fused-ring (bicyclic) bond motifs is 1. The molecule has 0 fully saturated rings. The first-order chi connectivity index (χ1) is 16.2. The molecule has 0 bridgehead atoms. The summed E-state index contributed by atoms with van der Waals surface area (Å²) >= 11 is -2.07. The molecule has 0 radical (unpaired) electrons. The van der Waals surface area contributed by atoms with Crippen molar-refractivity contribution in [2.75, 3.05) is 21.3 Å². The number of halogens is 2. The Hall–Kier alpha value is -1.26. The van der Waals surface area contributed by atoms with E-state index in [-0.39, 0.29) is 24.8 Å². The van der Waals surface area contributed by atoms with Gasteiger partial charge >= 0.3 is 214 Å². The molecule has 7 heteroatoms. The van der Waals surface area contributed by atoms with Crippen LogP contribution in [0, 0.1) is 5.92 Å². The zero-order valence-corrected chi connectivity index (χ0v) is 27.6. The molecule has 2 aromatic carbocycles. The summed E-state index contributed by atoms with van der Waals surface area (Å²) in [5.74, 6) is 2.91. The van der Waals surface area contributed by atoms with E-state index in [1.807, 2.05) is 15.4 Å². The van der Waals surface area contributed by atoms with Gasteiger partial charge in [0.1, 0.15) is 0 Å². The number of hydrogen-bond acceptors (Lipinski definition) is 3. The van der Waals surface area contributed by atoms with Crippen LogP contribution in [0.15, 0.2) is 62.5 Å². The van der Waals surface area contributed by atoms with E-state index in [9.17, 15) is 0 Å². The van der Waals surface area contributed by atoms with Gasteiger partial charge in [-0.15, -0.1) is 0 Å². The van der Waals surface area contributed by atoms with E-state index >= 15 is 0 Å². The van der Waals surface area contributed by atoms with Crippen molar-refractivity contribution in [3.63, 3.8) is 0 Å². The Morgan fingerprint density at radius 3 is 1.89 bits per heavy atom. The van der Waals surface area contributed by atoms with Crippen LogP contribution in [0.1, 0.15) is 48.0 Å². The smallest absolute Gasteiger partial charge is 1.00 e. The number of ether oxygens (including phenoxy) is 3. The fourth-order valence-corrected chi connectivity index (χ4v) is 25.3. The molecule has 2 aliphatic rings. The molecular formula is C29H36Cl2O3SiZr. The second-order valence-electron chi connectivity index (χ2n) is 9.53. The van der Waals surface area contributed by atoms with Crippen molar-refractivity contribution < 1.29 is 59.4 Å². The van der Waals surface area contributed by atoms with Gasteiger partial charge in [0.15, 0.2) is 0 Å². The second-order valence-corrected chi connectivity index (χ2v) is 27.0. The third kappa shape index (κ3) is 5.19. The molecule has 0 aromatic heterocycles. The van der Waals surface area contributed by atoms with E-state index in [0.29, 0.717) is 9.54 Å². The van der Waals surface area contributed by atoms with Gasteiger partial charge in [-0.25, -0.2) is 0 Å². The van der Waals surface area contributed by atoms with Crippen molar-refractivity contribution in [2.24, 2.45) is 5.92 Å². The van der Waals surface area contributed by atoms with E-state index in [1.165, 1.54) is 22.3 Å². The Labute approximate surface area is 237 Å². The Morgan fingerprint density at radius 2 is 1.42 bits per heavy atom. The molecule has 0 saturated carbocycles. The van der Waals surface area contributed by atoms with Gasteiger partial charge in [0.2, 0.25) is 0 Å². The standard InChI is InChI=1S/C18H17O3.C9H13.C2H6Si.2ClH.Zr/c1-19-13-10-16(20-2)18(17(11-13)21-3)15-9-8-12-6-4-5-7-14(12)15;1-6-5-7(2)9(4)8(6)3;1-3-2;;;/h4-11H,1-3H3;6H,1-4H3;1-2H3;2*1H;/q;;;;;+2/p-2. The molecule has 0 N–H and O–H groups in total. The summed E-state index contributed by atoms with van der Waals surface area (Å²) < 4.78 is 19.6. The summed E-state index contributed by atoms with van der Waals surface area (Å²) in [4.78, 5) is 0. The Bertz CT molecular complexity index is 1260. The number of benzene rings is 2. The van der Waals surface area contributed by atoms with Gasteiger partial charge in [0.05, 0.1) is 0 Å². The third-order valence-electron chi connectivity index (χ3n) is 7.68. The van der Waals surface area contributed by atoms with Crippen LogP contribution < -0.4 is 39.0 Å². The van der Waals surface area contributed by atoms with Crippen LogP contribution in [-0.2, 0) is 20.4 Å². The van der Waals surface area contributed by atoms with Gasteiger partial charge < -0.3 is 24.8 Å². The number of methoxy groups -OCH3 is 3. The first-order valence-corrected chi connectivity index (χ1v) is 20.8. The number of allylic oxidation sites excluding steroid dienone is 5. The Morgan fingerprint density at radius 1 is 0.833 bits per heavy atom. The van der Waals surface area contributed by atoms with E-state index < -0.39 is 25.8 Å². The van der Waals surface area contributed by atoms with E-state index in [2.05, 4.69) is 71.1 Å². The molecule has 2 aliphatic carbocycles. The SMILES string of the molecule is COc1cc(OC)c(C2=C[CH]([Zr+2]([C]3=C(C)C(C)=C(C)C3C)=[Si](C)C)c3ccccc32)c(OC)c1.[Cl-].[Cl-]. The van der Waals surface area contributed by atoms with Crippen LogP contribution in [0.25, 0.3) is 5.57 Å². The normalized spacial score (nSPS) is 17.9. The average Bonchev–Trinajstić information content (AvgIpc) is 3.30. The maximum Gasteiger partial charge on any atom is -1.00 e. The van der Waals surface area contributed by atoms with Crippen molar-refractivity contribution in [1.82, 2.24) is 0 Å². The molecule has 2 atom stereocenters. The fourth-order valence-electron chi connectivity index (χ4n) is 5.63. The minimum Gasteiger partial charge on any atom is -1.00 e. The minimum atomic E-state index is -2.07. The molecule has 0 heterocycles. The van der Waals surface area contributed by atoms with E-state index in [1.54, 1.807) is 32.5 Å². The zero-order chi connectivity index (χ0) is 24.7. The van der Waals surface area contributed by atoms with E-state index in [4.69, 9.17) is 14.2 Å². The monoisotopic (exact) mass is 620 g/mol. The maximum absolute atomic E-state index is 5.87. The molecule has 2 aromatic rings. The Kier molecular flexibility index (Phi) is 10.8. The molecule has 0 amide bonds. The first-order valence-electron chi connectivity index (χ1n) is 11.9. The molecule has 0 saturated heterocycles. The van der Waals surface area contributed by atoms with Crippen LogP contribution >= 0.6 is 0 Å². The number of rotatable bonds is 6. The van der Waals surface area contributed by atoms with Gasteiger partial charge in [0, 0.05) is 0 Å². The summed E-state index contributed by atoms with van der Waals surface area (Å²) in [6.45, 7) is 14.6. The van der Waals surface area contributed by atoms with Crippen molar-refractivity contribution in [3.05, 3.63) is 79.2 Å². The van der Waals surface area contributed by atoms with Crippen molar-refractivity contribution in [3.8, 4) is 17.2 Å². The van der Waals surface area contributed by atoms with Crippen LogP contribution in [0.5, 0.6) is 17.2 Å². The number of hydrogen-bond donors (Lipinski definition) is 0. The summed E-state index contributed by atoms with van der Waals surface area (Å²) in [6.07, 6.45) is 2.57. The summed E-state index contributed by atoms with van der Waals surface area (Å²) in [5.41, 5.74) is 9.31. The molecule has 192 valence electrons. The molecule has 0 aliphatic heterocycles. The summed E-state index contributed by atoms with van der Waals surface area (Å²) in [5, 5.41) is 0. The zero-order valence-electron chi connectivity index (χ0n) is 22.7. The summed E-state index contributed by atoms with van der Waals surface area (Å²) in [6, 6.07) is 12.9. The van der Waals surface area contributed by atoms with Crippen LogP contribution in [0.2, 0.25) is 13.1 Å². The topological polar surface area (TPSA) is 27.7 Å². The van der Waals surface area contributed by atoms with Crippen molar-refractivity contribution in [1.29, 1.82) is 0 Å². The van der Waals surface area contributed by atoms with Gasteiger partial charge in [0.25, 0.3) is 0 Å². The van der Waals surface area contributed by atoms with Gasteiger partial charge in [-0.3, -0.25) is 0 Å². The minimum absolute atomic E-state index is 0. The van der Waals surface area contributed by atoms with Crippen molar-refractivity contribution >= 4 is 11.0 Å². The molecule has 0 spiro atoms. The van der Waals surface area contributed by atoms with Crippen molar-refractivity contribution in [2.45, 2.75) is 44.4 Å². The second kappa shape index (κ2) is 12.5. The largest absolute Gasteiger partial charge is 1.00 e. The maximum atomic E-state index is 5.87. The Balaban J connectivity index is 0.00000228. The van der Waals surface area contributed by atoms with E-state index in [0.717, 1.165) is 22.8 Å². The molecule has 2 unspecified atom stereocenters. The van der Waals surface area contributed by atoms with Crippen LogP contribution in [-0.4, -0.2) is 26.8 Å². The molecule has 4 rings (SSSR count). The van der Waals surface area contributed by atoms with Crippen LogP contribution in [0.4, 0.5) is 0 Å². The molecule has 36 heavy (non-hydrogen) atoms. The third-order valence-corrected chi connectivity index (χ3v) is 26.3. The molecular weight excluding hydrogens is 587 g/mol. The fraction of sp³-hybridized carbons (Fsp3) is 0.379. The van der Waals surface area contributed by atoms with Crippen LogP contribution in [0.3, 0.4) is 0 Å². The van der Waals surface area contributed by atoms with Gasteiger partial charge in [-0.1, -0.05) is 0 Å². The quantitative estimate of drug-likeness (QED) is 0.456. The van der Waals surface area contributed by atoms with Gasteiger partial charge in [-0.2, -0.15) is 0 Å². The first kappa shape index (κ1) is 31.0. The van der Waals surface area contributed by atoms with Gasteiger partial charge in [-0.05, 0) is 0 Å².